The van der Waals surface area contributed by atoms with E-state index in [-0.39, 0.29) is 11.8 Å². The molecule has 86 valence electrons. The number of nitrogens with two attached hydrogens (primary N) is 1. The fourth-order valence-corrected chi connectivity index (χ4v) is 1.43. The monoisotopic (exact) mass is 230 g/mol. The molecule has 0 unspecified atom stereocenters. The molecule has 4 nitrogen and oxygen atoms in total. The first-order valence-electron chi connectivity index (χ1n) is 4.97. The average molecular weight is 230 g/mol. The molecule has 0 fully saturated rings. The second-order valence-electron chi connectivity index (χ2n) is 3.00. The summed E-state index contributed by atoms with van der Waals surface area (Å²) >= 11 is 1.42. The van der Waals surface area contributed by atoms with E-state index in [9.17, 15) is 9.59 Å². The zero-order chi connectivity index (χ0) is 11.5. The maximum Gasteiger partial charge on any atom is 0.243 e. The number of thioether (sulfide) groups is 1. The molecule has 0 aromatic carbocycles. The van der Waals surface area contributed by atoms with Crippen molar-refractivity contribution in [3.63, 3.8) is 0 Å². The van der Waals surface area contributed by atoms with Gasteiger partial charge in [0.25, 0.3) is 0 Å². The quantitative estimate of drug-likeness (QED) is 0.476. The van der Waals surface area contributed by atoms with E-state index in [1.807, 2.05) is 6.08 Å². The van der Waals surface area contributed by atoms with Gasteiger partial charge in [-0.25, -0.2) is 0 Å². The second-order valence-corrected chi connectivity index (χ2v) is 4.11. The fourth-order valence-electron chi connectivity index (χ4n) is 0.835. The molecule has 0 spiro atoms. The minimum Gasteiger partial charge on any atom is -0.369 e. The highest BCUT2D eigenvalue weighted by Gasteiger charge is 1.96. The highest BCUT2D eigenvalue weighted by atomic mass is 32.2. The number of allylic oxidation sites excluding steroid dienone is 1. The van der Waals surface area contributed by atoms with Crippen LogP contribution in [0.2, 0.25) is 0 Å². The molecule has 0 bridgehead atoms. The molecule has 0 aliphatic rings. The van der Waals surface area contributed by atoms with Gasteiger partial charge in [0.05, 0.1) is 5.75 Å². The summed E-state index contributed by atoms with van der Waals surface area (Å²) in [5.41, 5.74) is 4.96. The van der Waals surface area contributed by atoms with Gasteiger partial charge in [-0.15, -0.1) is 0 Å². The van der Waals surface area contributed by atoms with Crippen LogP contribution < -0.4 is 11.1 Å². The van der Waals surface area contributed by atoms with Gasteiger partial charge < -0.3 is 11.1 Å². The molecule has 0 rings (SSSR count). The second kappa shape index (κ2) is 9.58. The summed E-state index contributed by atoms with van der Waals surface area (Å²) in [5, 5.41) is 2.72. The number of primary amides is 1. The summed E-state index contributed by atoms with van der Waals surface area (Å²) in [6, 6.07) is 0. The molecule has 0 saturated carbocycles. The van der Waals surface area contributed by atoms with E-state index in [4.69, 9.17) is 5.73 Å². The van der Waals surface area contributed by atoms with Crippen molar-refractivity contribution in [3.05, 3.63) is 12.2 Å². The minimum absolute atomic E-state index is 0.0804. The summed E-state index contributed by atoms with van der Waals surface area (Å²) in [6.07, 6.45) is 5.36. The Labute approximate surface area is 94.7 Å². The highest BCUT2D eigenvalue weighted by molar-refractivity contribution is 7.99. The first kappa shape index (κ1) is 14.0. The van der Waals surface area contributed by atoms with Crippen LogP contribution >= 0.6 is 11.8 Å². The molecule has 0 aromatic heterocycles. The average Bonchev–Trinajstić information content (AvgIpc) is 2.17. The number of unbranched alkanes of at least 4 members (excludes halogenated alkanes) is 1. The van der Waals surface area contributed by atoms with Crippen molar-refractivity contribution in [2.45, 2.75) is 19.8 Å². The SMILES string of the molecule is CCCC=CC(=O)NCCSCC(N)=O. The number of amides is 2. The lowest BCUT2D eigenvalue weighted by atomic mass is 10.3. The van der Waals surface area contributed by atoms with E-state index < -0.39 is 0 Å². The number of carbonyl (C=O) groups is 2. The van der Waals surface area contributed by atoms with Gasteiger partial charge in [-0.2, -0.15) is 11.8 Å². The predicted molar refractivity (Wildman–Crippen MR) is 63.6 cm³/mol. The summed E-state index contributed by atoms with van der Waals surface area (Å²) in [5.74, 6) is 0.606. The van der Waals surface area contributed by atoms with Crippen LogP contribution in [0.3, 0.4) is 0 Å². The molecule has 0 aliphatic heterocycles. The lowest BCUT2D eigenvalue weighted by molar-refractivity contribution is -0.116. The Hall–Kier alpha value is -0.970. The Balaban J connectivity index is 3.35. The molecule has 0 saturated heterocycles. The summed E-state index contributed by atoms with van der Waals surface area (Å²) in [7, 11) is 0. The van der Waals surface area contributed by atoms with Gasteiger partial charge in [0, 0.05) is 12.3 Å². The van der Waals surface area contributed by atoms with E-state index in [0.29, 0.717) is 18.1 Å². The lowest BCUT2D eigenvalue weighted by Crippen LogP contribution is -2.24. The van der Waals surface area contributed by atoms with Crippen molar-refractivity contribution in [2.75, 3.05) is 18.1 Å². The molecule has 0 radical (unpaired) electrons. The molecule has 0 heterocycles. The molecule has 3 N–H and O–H groups in total. The van der Waals surface area contributed by atoms with Gasteiger partial charge >= 0.3 is 0 Å². The fraction of sp³-hybridized carbons (Fsp3) is 0.600. The lowest BCUT2D eigenvalue weighted by Gasteiger charge is -2.00. The van der Waals surface area contributed by atoms with Gasteiger partial charge in [-0.3, -0.25) is 9.59 Å². The van der Waals surface area contributed by atoms with Crippen LogP contribution in [0.25, 0.3) is 0 Å². The van der Waals surface area contributed by atoms with Gasteiger partial charge in [-0.1, -0.05) is 19.4 Å². The third kappa shape index (κ3) is 11.0. The van der Waals surface area contributed by atoms with Crippen LogP contribution in [0, 0.1) is 0 Å². The van der Waals surface area contributed by atoms with E-state index in [1.165, 1.54) is 11.8 Å². The predicted octanol–water partition coefficient (Wildman–Crippen LogP) is 0.677. The van der Waals surface area contributed by atoms with Gasteiger partial charge in [0.2, 0.25) is 11.8 Å². The van der Waals surface area contributed by atoms with Crippen molar-refractivity contribution < 1.29 is 9.59 Å². The Morgan fingerprint density at radius 2 is 2.20 bits per heavy atom. The molecule has 5 heteroatoms. The van der Waals surface area contributed by atoms with Crippen LogP contribution in [0.4, 0.5) is 0 Å². The third-order valence-electron chi connectivity index (χ3n) is 1.51. The van der Waals surface area contributed by atoms with E-state index in [2.05, 4.69) is 12.2 Å². The molecule has 2 amide bonds. The number of hydrogen-bond donors (Lipinski definition) is 2. The molecule has 0 atom stereocenters. The van der Waals surface area contributed by atoms with Crippen LogP contribution in [0.15, 0.2) is 12.2 Å². The molecular weight excluding hydrogens is 212 g/mol. The standard InChI is InChI=1S/C10H18N2O2S/c1-2-3-4-5-10(14)12-6-7-15-8-9(11)13/h4-5H,2-3,6-8H2,1H3,(H2,11,13)(H,12,14). The number of hydrogen-bond acceptors (Lipinski definition) is 3. The molecule has 15 heavy (non-hydrogen) atoms. The van der Waals surface area contributed by atoms with Crippen LogP contribution in [0.1, 0.15) is 19.8 Å². The zero-order valence-electron chi connectivity index (χ0n) is 8.99. The molecular formula is C10H18N2O2S. The van der Waals surface area contributed by atoms with E-state index >= 15 is 0 Å². The van der Waals surface area contributed by atoms with E-state index in [1.54, 1.807) is 6.08 Å². The topological polar surface area (TPSA) is 72.2 Å². The number of rotatable bonds is 8. The smallest absolute Gasteiger partial charge is 0.243 e. The van der Waals surface area contributed by atoms with Gasteiger partial charge in [0.15, 0.2) is 0 Å². The van der Waals surface area contributed by atoms with Gasteiger partial charge in [0.1, 0.15) is 0 Å². The first-order chi connectivity index (χ1) is 7.16. The summed E-state index contributed by atoms with van der Waals surface area (Å²) < 4.78 is 0. The van der Waals surface area contributed by atoms with Crippen molar-refractivity contribution >= 4 is 23.6 Å². The zero-order valence-corrected chi connectivity index (χ0v) is 9.81. The molecule has 0 aromatic rings. The number of nitrogens with one attached hydrogen (secondary N) is 1. The van der Waals surface area contributed by atoms with Crippen molar-refractivity contribution in [1.82, 2.24) is 5.32 Å². The Morgan fingerprint density at radius 3 is 2.80 bits per heavy atom. The molecule has 0 aliphatic carbocycles. The van der Waals surface area contributed by atoms with Gasteiger partial charge in [-0.05, 0) is 12.5 Å². The Bertz CT molecular complexity index is 229. The Kier molecular flexibility index (Phi) is 8.96. The van der Waals surface area contributed by atoms with Crippen molar-refractivity contribution in [1.29, 1.82) is 0 Å². The highest BCUT2D eigenvalue weighted by Crippen LogP contribution is 1.96. The van der Waals surface area contributed by atoms with Crippen LogP contribution in [-0.2, 0) is 9.59 Å². The Morgan fingerprint density at radius 1 is 1.47 bits per heavy atom. The maximum absolute atomic E-state index is 11.1. The van der Waals surface area contributed by atoms with Crippen molar-refractivity contribution in [3.8, 4) is 0 Å². The van der Waals surface area contributed by atoms with Crippen molar-refractivity contribution in [2.24, 2.45) is 5.73 Å². The number of carbonyl (C=O) groups excluding carboxylic acids is 2. The summed E-state index contributed by atoms with van der Waals surface area (Å²) in [6.45, 7) is 2.62. The third-order valence-corrected chi connectivity index (χ3v) is 2.50. The minimum atomic E-state index is -0.325. The maximum atomic E-state index is 11.1. The summed E-state index contributed by atoms with van der Waals surface area (Å²) in [4.78, 5) is 21.5. The van der Waals surface area contributed by atoms with Crippen LogP contribution in [-0.4, -0.2) is 29.9 Å². The van der Waals surface area contributed by atoms with Crippen LogP contribution in [0.5, 0.6) is 0 Å². The van der Waals surface area contributed by atoms with E-state index in [0.717, 1.165) is 12.8 Å². The first-order valence-corrected chi connectivity index (χ1v) is 6.12. The normalized spacial score (nSPS) is 10.5. The largest absolute Gasteiger partial charge is 0.369 e.